The van der Waals surface area contributed by atoms with Crippen molar-refractivity contribution in [1.29, 1.82) is 0 Å². The Morgan fingerprint density at radius 2 is 1.68 bits per heavy atom. The zero-order chi connectivity index (χ0) is 24.6. The van der Waals surface area contributed by atoms with Crippen molar-refractivity contribution in [2.75, 3.05) is 23.1 Å². The highest BCUT2D eigenvalue weighted by Crippen LogP contribution is 2.27. The fraction of sp³-hybridized carbons (Fsp3) is 0.208. The Morgan fingerprint density at radius 1 is 0.971 bits per heavy atom. The quantitative estimate of drug-likeness (QED) is 0.313. The highest BCUT2D eigenvalue weighted by Gasteiger charge is 2.27. The molecule has 0 aliphatic heterocycles. The van der Waals surface area contributed by atoms with E-state index in [0.717, 1.165) is 32.5 Å². The van der Waals surface area contributed by atoms with Crippen LogP contribution in [0.3, 0.4) is 0 Å². The van der Waals surface area contributed by atoms with Gasteiger partial charge in [0, 0.05) is 17.3 Å². The van der Waals surface area contributed by atoms with Gasteiger partial charge < -0.3 is 5.32 Å². The van der Waals surface area contributed by atoms with Crippen LogP contribution in [0.4, 0.5) is 10.1 Å². The van der Waals surface area contributed by atoms with E-state index in [-0.39, 0.29) is 15.6 Å². The zero-order valence-electron chi connectivity index (χ0n) is 18.1. The maximum absolute atomic E-state index is 13.7. The molecule has 0 unspecified atom stereocenters. The number of hydrogen-bond acceptors (Lipinski definition) is 4. The lowest BCUT2D eigenvalue weighted by atomic mass is 10.2. The van der Waals surface area contributed by atoms with Gasteiger partial charge in [-0.2, -0.15) is 11.8 Å². The van der Waals surface area contributed by atoms with Gasteiger partial charge in [-0.05, 0) is 54.1 Å². The normalized spacial score (nSPS) is 11.3. The number of sulfonamides is 1. The summed E-state index contributed by atoms with van der Waals surface area (Å²) in [5.41, 5.74) is 1.15. The number of benzene rings is 3. The molecule has 3 aromatic rings. The van der Waals surface area contributed by atoms with Gasteiger partial charge in [-0.1, -0.05) is 59.6 Å². The monoisotopic (exact) mass is 540 g/mol. The molecule has 34 heavy (non-hydrogen) atoms. The Kier molecular flexibility index (Phi) is 9.64. The van der Waals surface area contributed by atoms with E-state index >= 15 is 0 Å². The largest absolute Gasteiger partial charge is 0.354 e. The smallest absolute Gasteiger partial charge is 0.264 e. The van der Waals surface area contributed by atoms with Crippen molar-refractivity contribution < 1.29 is 17.6 Å². The molecular weight excluding hydrogens is 518 g/mol. The summed E-state index contributed by atoms with van der Waals surface area (Å²) < 4.78 is 41.1. The Morgan fingerprint density at radius 3 is 2.38 bits per heavy atom. The molecule has 0 aromatic heterocycles. The highest BCUT2D eigenvalue weighted by molar-refractivity contribution is 7.98. The first-order valence-corrected chi connectivity index (χ1v) is 13.7. The Hall–Kier alpha value is -2.26. The number of halogens is 3. The summed E-state index contributed by atoms with van der Waals surface area (Å²) in [5.74, 6) is 0.407. The number of hydrogen-bond donors (Lipinski definition) is 1. The maximum atomic E-state index is 13.7. The Balaban J connectivity index is 1.60. The summed E-state index contributed by atoms with van der Waals surface area (Å²) in [6, 6.07) is 18.9. The van der Waals surface area contributed by atoms with E-state index in [1.807, 2.05) is 24.3 Å². The molecule has 0 saturated heterocycles. The molecule has 1 N–H and O–H groups in total. The molecule has 10 heteroatoms. The van der Waals surface area contributed by atoms with Crippen molar-refractivity contribution in [3.05, 3.63) is 94.2 Å². The first kappa shape index (κ1) is 26.3. The van der Waals surface area contributed by atoms with Gasteiger partial charge in [0.2, 0.25) is 5.91 Å². The third-order valence-corrected chi connectivity index (χ3v) is 8.35. The molecule has 180 valence electrons. The van der Waals surface area contributed by atoms with Gasteiger partial charge in [0.25, 0.3) is 10.0 Å². The Bertz CT molecular complexity index is 1230. The summed E-state index contributed by atoms with van der Waals surface area (Å²) in [6.07, 6.45) is 0.703. The molecule has 0 saturated carbocycles. The predicted molar refractivity (Wildman–Crippen MR) is 138 cm³/mol. The van der Waals surface area contributed by atoms with E-state index < -0.39 is 28.3 Å². The van der Waals surface area contributed by atoms with Crippen LogP contribution in [0.25, 0.3) is 0 Å². The lowest BCUT2D eigenvalue weighted by molar-refractivity contribution is -0.119. The van der Waals surface area contributed by atoms with Crippen LogP contribution in [0, 0.1) is 5.82 Å². The second kappa shape index (κ2) is 12.4. The van der Waals surface area contributed by atoms with Gasteiger partial charge >= 0.3 is 0 Å². The number of anilines is 1. The van der Waals surface area contributed by atoms with E-state index in [0.29, 0.717) is 13.0 Å². The van der Waals surface area contributed by atoms with Gasteiger partial charge in [0.1, 0.15) is 12.4 Å². The van der Waals surface area contributed by atoms with Crippen LogP contribution in [0.5, 0.6) is 0 Å². The van der Waals surface area contributed by atoms with Crippen molar-refractivity contribution in [2.45, 2.75) is 17.1 Å². The van der Waals surface area contributed by atoms with Gasteiger partial charge in [-0.3, -0.25) is 9.10 Å². The molecule has 0 heterocycles. The topological polar surface area (TPSA) is 66.5 Å². The van der Waals surface area contributed by atoms with Crippen molar-refractivity contribution in [1.82, 2.24) is 5.32 Å². The Labute approximate surface area is 213 Å². The summed E-state index contributed by atoms with van der Waals surface area (Å²) in [6.45, 7) is -0.0797. The molecule has 0 fully saturated rings. The molecule has 0 atom stereocenters. The first-order chi connectivity index (χ1) is 16.3. The SMILES string of the molecule is O=C(CN(c1ccc(F)c(Cl)c1)S(=O)(=O)c1ccccc1)NCCCSCc1ccccc1Cl. The molecule has 1 amide bonds. The second-order valence-electron chi connectivity index (χ2n) is 7.27. The molecule has 5 nitrogen and oxygen atoms in total. The third-order valence-electron chi connectivity index (χ3n) is 4.81. The predicted octanol–water partition coefficient (Wildman–Crippen LogP) is 5.77. The van der Waals surface area contributed by atoms with Crippen molar-refractivity contribution >= 4 is 56.6 Å². The summed E-state index contributed by atoms with van der Waals surface area (Å²) >= 11 is 13.7. The lowest BCUT2D eigenvalue weighted by Crippen LogP contribution is -2.41. The average Bonchev–Trinajstić information content (AvgIpc) is 2.83. The fourth-order valence-electron chi connectivity index (χ4n) is 3.06. The number of thioether (sulfide) groups is 1. The fourth-order valence-corrected chi connectivity index (χ4v) is 5.92. The molecule has 0 bridgehead atoms. The van der Waals surface area contributed by atoms with Crippen molar-refractivity contribution in [3.8, 4) is 0 Å². The number of rotatable bonds is 11. The minimum absolute atomic E-state index is 0.0132. The summed E-state index contributed by atoms with van der Waals surface area (Å²) in [5, 5.41) is 3.24. The van der Waals surface area contributed by atoms with Gasteiger partial charge in [0.15, 0.2) is 0 Å². The molecule has 3 aromatic carbocycles. The van der Waals surface area contributed by atoms with E-state index in [1.165, 1.54) is 24.3 Å². The third kappa shape index (κ3) is 7.12. The van der Waals surface area contributed by atoms with Crippen LogP contribution in [0.2, 0.25) is 10.0 Å². The maximum Gasteiger partial charge on any atom is 0.264 e. The van der Waals surface area contributed by atoms with E-state index in [1.54, 1.807) is 30.0 Å². The summed E-state index contributed by atoms with van der Waals surface area (Å²) in [4.78, 5) is 12.6. The molecule has 0 aliphatic rings. The van der Waals surface area contributed by atoms with Gasteiger partial charge in [-0.25, -0.2) is 12.8 Å². The number of carbonyl (C=O) groups is 1. The van der Waals surface area contributed by atoms with Crippen LogP contribution in [0.15, 0.2) is 77.7 Å². The molecule has 0 aliphatic carbocycles. The number of nitrogens with one attached hydrogen (secondary N) is 1. The second-order valence-corrected chi connectivity index (χ2v) is 11.1. The molecule has 3 rings (SSSR count). The van der Waals surface area contributed by atoms with Crippen molar-refractivity contribution in [3.63, 3.8) is 0 Å². The number of carbonyl (C=O) groups excluding carboxylic acids is 1. The standard InChI is InChI=1S/C24H23Cl2FN2O3S2/c25-21-10-5-4-7-18(21)17-33-14-6-13-28-24(30)16-29(19-11-12-23(27)22(26)15-19)34(31,32)20-8-2-1-3-9-20/h1-5,7-12,15H,6,13-14,16-17H2,(H,28,30). The first-order valence-electron chi connectivity index (χ1n) is 10.4. The highest BCUT2D eigenvalue weighted by atomic mass is 35.5. The molecular formula is C24H23Cl2FN2O3S2. The van der Waals surface area contributed by atoms with Gasteiger partial charge in [0.05, 0.1) is 15.6 Å². The van der Waals surface area contributed by atoms with Gasteiger partial charge in [-0.15, -0.1) is 0 Å². The van der Waals surface area contributed by atoms with Crippen LogP contribution in [0.1, 0.15) is 12.0 Å². The van der Waals surface area contributed by atoms with E-state index in [9.17, 15) is 17.6 Å². The number of nitrogens with zero attached hydrogens (tertiary/aromatic N) is 1. The minimum atomic E-state index is -4.08. The average molecular weight is 541 g/mol. The van der Waals surface area contributed by atoms with E-state index in [2.05, 4.69) is 5.32 Å². The summed E-state index contributed by atoms with van der Waals surface area (Å²) in [7, 11) is -4.08. The van der Waals surface area contributed by atoms with E-state index in [4.69, 9.17) is 23.2 Å². The van der Waals surface area contributed by atoms with Crippen LogP contribution in [-0.4, -0.2) is 33.2 Å². The van der Waals surface area contributed by atoms with Crippen molar-refractivity contribution in [2.24, 2.45) is 0 Å². The van der Waals surface area contributed by atoms with Crippen LogP contribution < -0.4 is 9.62 Å². The zero-order valence-corrected chi connectivity index (χ0v) is 21.2. The van der Waals surface area contributed by atoms with Crippen LogP contribution >= 0.6 is 35.0 Å². The lowest BCUT2D eigenvalue weighted by Gasteiger charge is -2.24. The van der Waals surface area contributed by atoms with Crippen LogP contribution in [-0.2, 0) is 20.6 Å². The molecule has 0 spiro atoms. The number of amides is 1. The molecule has 0 radical (unpaired) electrons. The minimum Gasteiger partial charge on any atom is -0.354 e.